The van der Waals surface area contributed by atoms with Gasteiger partial charge in [0.1, 0.15) is 12.4 Å². The van der Waals surface area contributed by atoms with Gasteiger partial charge < -0.3 is 15.0 Å². The summed E-state index contributed by atoms with van der Waals surface area (Å²) in [6.07, 6.45) is 0. The fourth-order valence-electron chi connectivity index (χ4n) is 2.50. The number of carbonyl (C=O) groups excluding carboxylic acids is 2. The lowest BCUT2D eigenvalue weighted by atomic mass is 10.2. The van der Waals surface area contributed by atoms with Crippen molar-refractivity contribution in [2.75, 3.05) is 18.9 Å². The summed E-state index contributed by atoms with van der Waals surface area (Å²) in [5.41, 5.74) is 4.93. The minimum Gasteiger partial charge on any atom is -0.487 e. The molecule has 0 aliphatic rings. The lowest BCUT2D eigenvalue weighted by molar-refractivity contribution is -0.116. The van der Waals surface area contributed by atoms with Crippen molar-refractivity contribution >= 4 is 28.8 Å². The zero-order valence-electron chi connectivity index (χ0n) is 15.7. The first-order chi connectivity index (χ1) is 13.5. The molecule has 1 heterocycles. The van der Waals surface area contributed by atoms with Crippen molar-refractivity contribution in [3.05, 3.63) is 76.2 Å². The Morgan fingerprint density at radius 1 is 1.11 bits per heavy atom. The van der Waals surface area contributed by atoms with Gasteiger partial charge in [-0.05, 0) is 43.3 Å². The summed E-state index contributed by atoms with van der Waals surface area (Å²) in [6.45, 7) is 2.33. The summed E-state index contributed by atoms with van der Waals surface area (Å²) in [7, 11) is 1.60. The predicted molar refractivity (Wildman–Crippen MR) is 110 cm³/mol. The van der Waals surface area contributed by atoms with Crippen LogP contribution in [0.2, 0.25) is 0 Å². The number of thiazole rings is 1. The quantitative estimate of drug-likeness (QED) is 0.661. The zero-order chi connectivity index (χ0) is 19.9. The van der Waals surface area contributed by atoms with E-state index in [1.807, 2.05) is 36.6 Å². The molecule has 3 aromatic rings. The first-order valence-electron chi connectivity index (χ1n) is 8.73. The van der Waals surface area contributed by atoms with E-state index in [1.165, 1.54) is 16.2 Å². The number of amides is 2. The second-order valence-electron chi connectivity index (χ2n) is 6.37. The Bertz CT molecular complexity index is 923. The second kappa shape index (κ2) is 9.14. The molecule has 2 amide bonds. The number of aromatic nitrogens is 1. The van der Waals surface area contributed by atoms with Crippen LogP contribution in [0, 0.1) is 6.92 Å². The van der Waals surface area contributed by atoms with Crippen LogP contribution in [0.15, 0.2) is 59.4 Å². The third-order valence-corrected chi connectivity index (χ3v) is 4.67. The second-order valence-corrected chi connectivity index (χ2v) is 7.09. The largest absolute Gasteiger partial charge is 0.487 e. The van der Waals surface area contributed by atoms with Crippen LogP contribution in [-0.2, 0) is 11.4 Å². The van der Waals surface area contributed by atoms with Crippen molar-refractivity contribution < 1.29 is 14.3 Å². The fourth-order valence-corrected chi connectivity index (χ4v) is 3.05. The molecule has 1 aromatic heterocycles. The molecule has 0 atom stereocenters. The number of nitrogens with one attached hydrogen (secondary N) is 1. The molecule has 3 rings (SSSR count). The van der Waals surface area contributed by atoms with E-state index in [0.29, 0.717) is 23.6 Å². The Morgan fingerprint density at radius 2 is 1.82 bits per heavy atom. The van der Waals surface area contributed by atoms with E-state index in [1.54, 1.807) is 36.8 Å². The highest BCUT2D eigenvalue weighted by Gasteiger charge is 2.15. The van der Waals surface area contributed by atoms with Crippen LogP contribution >= 0.6 is 11.3 Å². The maximum absolute atomic E-state index is 12.5. The van der Waals surface area contributed by atoms with E-state index in [-0.39, 0.29) is 18.4 Å². The van der Waals surface area contributed by atoms with Crippen molar-refractivity contribution in [2.45, 2.75) is 13.5 Å². The van der Waals surface area contributed by atoms with Crippen LogP contribution in [0.3, 0.4) is 0 Å². The summed E-state index contributed by atoms with van der Waals surface area (Å²) in [5.74, 6) is 0.178. The number of rotatable bonds is 7. The van der Waals surface area contributed by atoms with Gasteiger partial charge in [0.15, 0.2) is 0 Å². The smallest absolute Gasteiger partial charge is 0.254 e. The Labute approximate surface area is 167 Å². The van der Waals surface area contributed by atoms with E-state index in [4.69, 9.17) is 4.74 Å². The van der Waals surface area contributed by atoms with Crippen LogP contribution in [0.25, 0.3) is 0 Å². The maximum atomic E-state index is 12.5. The Balaban J connectivity index is 1.52. The van der Waals surface area contributed by atoms with Crippen LogP contribution in [0.5, 0.6) is 5.75 Å². The van der Waals surface area contributed by atoms with E-state index >= 15 is 0 Å². The molecule has 1 N–H and O–H groups in total. The van der Waals surface area contributed by atoms with Gasteiger partial charge in [-0.2, -0.15) is 0 Å². The number of hydrogen-bond donors (Lipinski definition) is 1. The SMILES string of the molecule is Cc1ccc(NC(=O)CN(C)C(=O)c2ccc(OCc3cscn3)cc2)cc1. The molecule has 0 radical (unpaired) electrons. The molecule has 0 fully saturated rings. The molecule has 7 heteroatoms. The molecule has 2 aromatic carbocycles. The zero-order valence-corrected chi connectivity index (χ0v) is 16.5. The van der Waals surface area contributed by atoms with Crippen molar-refractivity contribution in [3.8, 4) is 5.75 Å². The van der Waals surface area contributed by atoms with Crippen LogP contribution in [-0.4, -0.2) is 35.3 Å². The minimum atomic E-state index is -0.247. The van der Waals surface area contributed by atoms with E-state index in [0.717, 1.165) is 11.3 Å². The number of anilines is 1. The van der Waals surface area contributed by atoms with Gasteiger partial charge in [-0.3, -0.25) is 9.59 Å². The Morgan fingerprint density at radius 3 is 2.46 bits per heavy atom. The molecule has 0 saturated heterocycles. The van der Waals surface area contributed by atoms with Gasteiger partial charge in [-0.15, -0.1) is 11.3 Å². The number of hydrogen-bond acceptors (Lipinski definition) is 5. The van der Waals surface area contributed by atoms with Crippen LogP contribution < -0.4 is 10.1 Å². The highest BCUT2D eigenvalue weighted by molar-refractivity contribution is 7.07. The molecule has 0 aliphatic heterocycles. The summed E-state index contributed by atoms with van der Waals surface area (Å²) >= 11 is 1.52. The highest BCUT2D eigenvalue weighted by atomic mass is 32.1. The van der Waals surface area contributed by atoms with E-state index in [9.17, 15) is 9.59 Å². The average Bonchev–Trinajstić information content (AvgIpc) is 3.21. The first-order valence-corrected chi connectivity index (χ1v) is 9.67. The van der Waals surface area contributed by atoms with E-state index in [2.05, 4.69) is 10.3 Å². The lowest BCUT2D eigenvalue weighted by Gasteiger charge is -2.17. The molecular weight excluding hydrogens is 374 g/mol. The van der Waals surface area contributed by atoms with Gasteiger partial charge in [-0.25, -0.2) is 4.98 Å². The van der Waals surface area contributed by atoms with Crippen molar-refractivity contribution in [1.82, 2.24) is 9.88 Å². The number of carbonyl (C=O) groups is 2. The van der Waals surface area contributed by atoms with Gasteiger partial charge in [-0.1, -0.05) is 17.7 Å². The van der Waals surface area contributed by atoms with E-state index < -0.39 is 0 Å². The molecule has 0 aliphatic carbocycles. The number of nitrogens with zero attached hydrogens (tertiary/aromatic N) is 2. The number of ether oxygens (including phenoxy) is 1. The molecule has 144 valence electrons. The number of aryl methyl sites for hydroxylation is 1. The van der Waals surface area contributed by atoms with Gasteiger partial charge in [0.2, 0.25) is 5.91 Å². The van der Waals surface area contributed by atoms with Crippen molar-refractivity contribution in [1.29, 1.82) is 0 Å². The summed E-state index contributed by atoms with van der Waals surface area (Å²) in [6, 6.07) is 14.4. The maximum Gasteiger partial charge on any atom is 0.254 e. The number of likely N-dealkylation sites (N-methyl/N-ethyl adjacent to an activating group) is 1. The van der Waals surface area contributed by atoms with Crippen LogP contribution in [0.4, 0.5) is 5.69 Å². The molecule has 6 nitrogen and oxygen atoms in total. The molecule has 0 bridgehead atoms. The third kappa shape index (κ3) is 5.40. The Hall–Kier alpha value is -3.19. The molecule has 28 heavy (non-hydrogen) atoms. The highest BCUT2D eigenvalue weighted by Crippen LogP contribution is 2.15. The Kier molecular flexibility index (Phi) is 6.39. The fraction of sp³-hybridized carbons (Fsp3) is 0.190. The van der Waals surface area contributed by atoms with Crippen molar-refractivity contribution in [3.63, 3.8) is 0 Å². The lowest BCUT2D eigenvalue weighted by Crippen LogP contribution is -2.34. The molecule has 0 saturated carbocycles. The normalized spacial score (nSPS) is 10.4. The summed E-state index contributed by atoms with van der Waals surface area (Å²) in [5, 5.41) is 4.71. The van der Waals surface area contributed by atoms with Gasteiger partial charge in [0, 0.05) is 23.7 Å². The third-order valence-electron chi connectivity index (χ3n) is 4.03. The minimum absolute atomic E-state index is 0.0329. The molecule has 0 spiro atoms. The van der Waals surface area contributed by atoms with Crippen LogP contribution in [0.1, 0.15) is 21.6 Å². The monoisotopic (exact) mass is 395 g/mol. The average molecular weight is 395 g/mol. The topological polar surface area (TPSA) is 71.5 Å². The van der Waals surface area contributed by atoms with Gasteiger partial charge in [0.25, 0.3) is 5.91 Å². The molecule has 0 unspecified atom stereocenters. The molecular formula is C21H21N3O3S. The van der Waals surface area contributed by atoms with Gasteiger partial charge in [0.05, 0.1) is 17.7 Å². The van der Waals surface area contributed by atoms with Gasteiger partial charge >= 0.3 is 0 Å². The number of benzene rings is 2. The standard InChI is InChI=1S/C21H21N3O3S/c1-15-3-7-17(8-4-15)23-20(25)11-24(2)21(26)16-5-9-19(10-6-16)27-12-18-13-28-14-22-18/h3-10,13-14H,11-12H2,1-2H3,(H,23,25). The van der Waals surface area contributed by atoms with Crippen molar-refractivity contribution in [2.24, 2.45) is 0 Å². The summed E-state index contributed by atoms with van der Waals surface area (Å²) < 4.78 is 5.64. The first kappa shape index (κ1) is 19.6. The predicted octanol–water partition coefficient (Wildman–Crippen LogP) is 3.74. The summed E-state index contributed by atoms with van der Waals surface area (Å²) in [4.78, 5) is 30.2.